The minimum absolute atomic E-state index is 0.219. The first-order valence-electron chi connectivity index (χ1n) is 16.9. The Balaban J connectivity index is 1.51. The van der Waals surface area contributed by atoms with E-state index >= 15 is 0 Å². The first kappa shape index (κ1) is 30.9. The van der Waals surface area contributed by atoms with Crippen LogP contribution in [0.2, 0.25) is 18.1 Å². The molecule has 0 bridgehead atoms. The maximum absolute atomic E-state index is 7.24. The van der Waals surface area contributed by atoms with Crippen molar-refractivity contribution in [3.05, 3.63) is 29.5 Å². The van der Waals surface area contributed by atoms with E-state index in [-0.39, 0.29) is 15.9 Å². The second kappa shape index (κ2) is 8.98. The molecule has 2 heteroatoms. The molecular formula is C38H64OSi. The predicted octanol–water partition coefficient (Wildman–Crippen LogP) is 11.5. The van der Waals surface area contributed by atoms with E-state index in [0.29, 0.717) is 33.7 Å². The van der Waals surface area contributed by atoms with Crippen LogP contribution in [0.25, 0.3) is 0 Å². The summed E-state index contributed by atoms with van der Waals surface area (Å²) in [5.74, 6) is 2.14. The molecule has 5 aliphatic carbocycles. The van der Waals surface area contributed by atoms with Gasteiger partial charge < -0.3 is 4.43 Å². The Morgan fingerprint density at radius 1 is 0.900 bits per heavy atom. The molecule has 0 N–H and O–H groups in total. The van der Waals surface area contributed by atoms with Crippen LogP contribution >= 0.6 is 0 Å². The number of hydrogen-bond acceptors (Lipinski definition) is 1. The lowest BCUT2D eigenvalue weighted by atomic mass is 9.33. The molecule has 0 saturated heterocycles. The normalized spacial score (nSPS) is 46.2. The molecule has 0 amide bonds. The molecule has 40 heavy (non-hydrogen) atoms. The van der Waals surface area contributed by atoms with Gasteiger partial charge in [0.25, 0.3) is 0 Å². The zero-order valence-electron chi connectivity index (χ0n) is 28.9. The third-order valence-corrected chi connectivity index (χ3v) is 19.8. The average Bonchev–Trinajstić information content (AvgIpc) is 2.81. The van der Waals surface area contributed by atoms with Gasteiger partial charge in [-0.25, -0.2) is 0 Å². The minimum Gasteiger partial charge on any atom is -0.413 e. The lowest BCUT2D eigenvalue weighted by Gasteiger charge is -2.71. The Hall–Kier alpha value is -0.563. The van der Waals surface area contributed by atoms with Gasteiger partial charge in [0, 0.05) is 5.41 Å². The average molecular weight is 565 g/mol. The molecule has 4 fully saturated rings. The summed E-state index contributed by atoms with van der Waals surface area (Å²) in [5, 5.41) is 0.262. The van der Waals surface area contributed by atoms with Crippen LogP contribution in [0.1, 0.15) is 134 Å². The molecule has 226 valence electrons. The molecule has 0 heterocycles. The summed E-state index contributed by atoms with van der Waals surface area (Å²) in [6.45, 7) is 37.2. The molecule has 0 aromatic rings. The largest absolute Gasteiger partial charge is 0.413 e. The SMILES string of the molecule is C=C=C1CC(C)(C)C[C@H]2C3=CC[C@@H]4[C@@]5(C)CC[C@H](O[Si](C)(C)C(C)(C)C)C(C)(C)[C@@H]5CC[C@@]4(C)[C@]3(C)CC[C@@]12C. The van der Waals surface area contributed by atoms with Crippen molar-refractivity contribution in [3.63, 3.8) is 0 Å². The number of allylic oxidation sites excluding steroid dienone is 3. The number of fused-ring (bicyclic) bond motifs is 7. The summed E-state index contributed by atoms with van der Waals surface area (Å²) in [6, 6.07) is 0. The highest BCUT2D eigenvalue weighted by molar-refractivity contribution is 6.74. The highest BCUT2D eigenvalue weighted by atomic mass is 28.4. The summed E-state index contributed by atoms with van der Waals surface area (Å²) in [5.41, 5.74) is 8.67. The highest BCUT2D eigenvalue weighted by Gasteiger charge is 2.68. The van der Waals surface area contributed by atoms with Crippen molar-refractivity contribution in [3.8, 4) is 0 Å². The van der Waals surface area contributed by atoms with Crippen molar-refractivity contribution in [1.29, 1.82) is 0 Å². The van der Waals surface area contributed by atoms with Gasteiger partial charge in [0.1, 0.15) is 0 Å². The fraction of sp³-hybridized carbons (Fsp3) is 0.868. The fourth-order valence-electron chi connectivity index (χ4n) is 11.5. The van der Waals surface area contributed by atoms with E-state index in [1.54, 1.807) is 0 Å². The molecule has 0 aromatic carbocycles. The summed E-state index contributed by atoms with van der Waals surface area (Å²) in [4.78, 5) is 0. The molecule has 1 nitrogen and oxygen atoms in total. The smallest absolute Gasteiger partial charge is 0.192 e. The van der Waals surface area contributed by atoms with Gasteiger partial charge in [0.2, 0.25) is 0 Å². The summed E-state index contributed by atoms with van der Waals surface area (Å²) >= 11 is 0. The molecule has 4 saturated carbocycles. The minimum atomic E-state index is -1.81. The van der Waals surface area contributed by atoms with Crippen molar-refractivity contribution in [2.75, 3.05) is 0 Å². The molecule has 0 spiro atoms. The van der Waals surface area contributed by atoms with Crippen LogP contribution in [0.3, 0.4) is 0 Å². The van der Waals surface area contributed by atoms with Gasteiger partial charge in [-0.05, 0) is 126 Å². The van der Waals surface area contributed by atoms with Gasteiger partial charge in [-0.1, -0.05) is 94.4 Å². The Morgan fingerprint density at radius 2 is 1.55 bits per heavy atom. The zero-order chi connectivity index (χ0) is 29.9. The van der Waals surface area contributed by atoms with Crippen molar-refractivity contribution in [2.45, 2.75) is 158 Å². The monoisotopic (exact) mass is 564 g/mol. The molecule has 5 rings (SSSR count). The van der Waals surface area contributed by atoms with E-state index in [1.807, 2.05) is 5.57 Å². The Bertz CT molecular complexity index is 1130. The van der Waals surface area contributed by atoms with E-state index < -0.39 is 8.32 Å². The second-order valence-corrected chi connectivity index (χ2v) is 23.9. The molecule has 8 atom stereocenters. The first-order valence-corrected chi connectivity index (χ1v) is 19.8. The third kappa shape index (κ3) is 4.08. The van der Waals surface area contributed by atoms with Crippen LogP contribution in [-0.4, -0.2) is 14.4 Å². The fourth-order valence-corrected chi connectivity index (χ4v) is 13.0. The third-order valence-electron chi connectivity index (χ3n) is 15.3. The van der Waals surface area contributed by atoms with Crippen molar-refractivity contribution in [1.82, 2.24) is 0 Å². The van der Waals surface area contributed by atoms with Gasteiger partial charge in [0.15, 0.2) is 8.32 Å². The van der Waals surface area contributed by atoms with E-state index in [9.17, 15) is 0 Å². The number of hydrogen-bond donors (Lipinski definition) is 0. The van der Waals surface area contributed by atoms with Gasteiger partial charge in [-0.2, -0.15) is 0 Å². The van der Waals surface area contributed by atoms with Crippen LogP contribution in [-0.2, 0) is 4.43 Å². The zero-order valence-corrected chi connectivity index (χ0v) is 29.9. The molecule has 5 aliphatic rings. The lowest BCUT2D eigenvalue weighted by molar-refractivity contribution is -0.199. The van der Waals surface area contributed by atoms with Gasteiger partial charge >= 0.3 is 0 Å². The van der Waals surface area contributed by atoms with Gasteiger partial charge in [-0.3, -0.25) is 0 Å². The number of rotatable bonds is 2. The standard InChI is InChI=1S/C38H64OSi/c1-15-26-24-33(5,6)25-28-27-16-17-30-36(10)20-19-31(39-40(13,14)32(2,3)4)34(7,8)29(36)18-21-38(30,12)37(27,11)23-22-35(26,28)9/h16,28-31H,1,17-25H2,2-14H3/t28-,29-,30+,31-,35-,36-,37+,38+/m0/s1. The molecule has 0 aliphatic heterocycles. The van der Waals surface area contributed by atoms with Crippen molar-refractivity contribution in [2.24, 2.45) is 50.2 Å². The summed E-state index contributed by atoms with van der Waals surface area (Å²) in [6.07, 6.45) is 14.9. The van der Waals surface area contributed by atoms with E-state index in [0.717, 1.165) is 11.8 Å². The van der Waals surface area contributed by atoms with Crippen LogP contribution in [0.15, 0.2) is 29.5 Å². The maximum atomic E-state index is 7.24. The first-order chi connectivity index (χ1) is 18.1. The quantitative estimate of drug-likeness (QED) is 0.184. The van der Waals surface area contributed by atoms with Crippen LogP contribution < -0.4 is 0 Å². The topological polar surface area (TPSA) is 9.23 Å². The summed E-state index contributed by atoms with van der Waals surface area (Å²) < 4.78 is 7.24. The molecule has 0 unspecified atom stereocenters. The molecule has 0 aromatic heterocycles. The lowest BCUT2D eigenvalue weighted by Crippen LogP contribution is -2.65. The van der Waals surface area contributed by atoms with Crippen LogP contribution in [0.4, 0.5) is 0 Å². The van der Waals surface area contributed by atoms with E-state index in [2.05, 4.69) is 108 Å². The predicted molar refractivity (Wildman–Crippen MR) is 175 cm³/mol. The Morgan fingerprint density at radius 3 is 2.15 bits per heavy atom. The Labute approximate surface area is 250 Å². The maximum Gasteiger partial charge on any atom is 0.192 e. The van der Waals surface area contributed by atoms with Crippen molar-refractivity contribution >= 4 is 8.32 Å². The Kier molecular flexibility index (Phi) is 6.94. The molecular weight excluding hydrogens is 501 g/mol. The van der Waals surface area contributed by atoms with Gasteiger partial charge in [-0.15, -0.1) is 5.73 Å². The molecule has 0 radical (unpaired) electrons. The summed E-state index contributed by atoms with van der Waals surface area (Å²) in [7, 11) is -1.81. The van der Waals surface area contributed by atoms with E-state index in [1.165, 1.54) is 63.4 Å². The van der Waals surface area contributed by atoms with Crippen molar-refractivity contribution < 1.29 is 4.43 Å². The second-order valence-electron chi connectivity index (χ2n) is 19.2. The van der Waals surface area contributed by atoms with Crippen LogP contribution in [0.5, 0.6) is 0 Å². The van der Waals surface area contributed by atoms with E-state index in [4.69, 9.17) is 4.43 Å². The highest BCUT2D eigenvalue weighted by Crippen LogP contribution is 2.76. The van der Waals surface area contributed by atoms with Gasteiger partial charge in [0.05, 0.1) is 6.10 Å². The van der Waals surface area contributed by atoms with Crippen LogP contribution in [0, 0.1) is 50.2 Å².